The Morgan fingerprint density at radius 3 is 2.74 bits per heavy atom. The van der Waals surface area contributed by atoms with Crippen LogP contribution in [0.25, 0.3) is 0 Å². The number of halogens is 1. The molecule has 0 bridgehead atoms. The van der Waals surface area contributed by atoms with E-state index in [0.29, 0.717) is 5.56 Å². The predicted molar refractivity (Wildman–Crippen MR) is 84.6 cm³/mol. The van der Waals surface area contributed by atoms with Crippen molar-refractivity contribution >= 4 is 34.2 Å². The van der Waals surface area contributed by atoms with Gasteiger partial charge in [0.15, 0.2) is 0 Å². The average Bonchev–Trinajstić information content (AvgIpc) is 2.42. The highest BCUT2D eigenvalue weighted by Gasteiger charge is 2.08. The van der Waals surface area contributed by atoms with Gasteiger partial charge in [-0.25, -0.2) is 0 Å². The van der Waals surface area contributed by atoms with E-state index in [1.807, 2.05) is 46.9 Å². The number of phenols is 1. The summed E-state index contributed by atoms with van der Waals surface area (Å²) in [6, 6.07) is 12.6. The van der Waals surface area contributed by atoms with E-state index in [9.17, 15) is 9.90 Å². The lowest BCUT2D eigenvalue weighted by Crippen LogP contribution is -2.11. The highest BCUT2D eigenvalue weighted by molar-refractivity contribution is 14.1. The summed E-state index contributed by atoms with van der Waals surface area (Å²) >= 11 is 2.02. The Kier molecular flexibility index (Phi) is 4.42. The molecule has 0 saturated carbocycles. The zero-order valence-corrected chi connectivity index (χ0v) is 12.6. The van der Waals surface area contributed by atoms with Crippen LogP contribution in [0.3, 0.4) is 0 Å². The molecule has 0 aromatic heterocycles. The third-order valence-corrected chi connectivity index (χ3v) is 3.71. The molecule has 98 valence electrons. The summed E-state index contributed by atoms with van der Waals surface area (Å²) in [4.78, 5) is 12.1. The zero-order valence-electron chi connectivity index (χ0n) is 10.5. The van der Waals surface area contributed by atoms with Gasteiger partial charge in [0.25, 0.3) is 5.91 Å². The second-order valence-electron chi connectivity index (χ2n) is 4.17. The van der Waals surface area contributed by atoms with E-state index < -0.39 is 0 Å². The van der Waals surface area contributed by atoms with Crippen LogP contribution in [0.2, 0.25) is 0 Å². The van der Waals surface area contributed by atoms with Gasteiger partial charge >= 0.3 is 0 Å². The third kappa shape index (κ3) is 3.47. The number of hydrogen-bond donors (Lipinski definition) is 2. The van der Waals surface area contributed by atoms with Crippen molar-refractivity contribution in [3.63, 3.8) is 0 Å². The van der Waals surface area contributed by atoms with E-state index in [4.69, 9.17) is 0 Å². The predicted octanol–water partition coefficient (Wildman–Crippen LogP) is 3.81. The first-order valence-corrected chi connectivity index (χ1v) is 7.07. The molecule has 0 heterocycles. The van der Waals surface area contributed by atoms with Crippen LogP contribution in [0.1, 0.15) is 22.8 Å². The first kappa shape index (κ1) is 13.9. The molecule has 19 heavy (non-hydrogen) atoms. The topological polar surface area (TPSA) is 49.3 Å². The van der Waals surface area contributed by atoms with Gasteiger partial charge in [-0.15, -0.1) is 0 Å². The minimum atomic E-state index is -0.222. The van der Waals surface area contributed by atoms with Crippen molar-refractivity contribution in [2.45, 2.75) is 13.3 Å². The fourth-order valence-corrected chi connectivity index (χ4v) is 2.06. The van der Waals surface area contributed by atoms with Gasteiger partial charge in [-0.3, -0.25) is 4.79 Å². The van der Waals surface area contributed by atoms with Crippen molar-refractivity contribution in [1.29, 1.82) is 0 Å². The minimum absolute atomic E-state index is 0.121. The number of carbonyl (C=O) groups excluding carboxylic acids is 1. The molecule has 0 fully saturated rings. The van der Waals surface area contributed by atoms with Gasteiger partial charge in [-0.05, 0) is 64.9 Å². The molecule has 0 aliphatic rings. The molecule has 0 atom stereocenters. The Labute approximate surface area is 125 Å². The summed E-state index contributed by atoms with van der Waals surface area (Å²) in [6.07, 6.45) is 0.925. The number of phenolic OH excluding ortho intramolecular Hbond substituents is 1. The number of rotatable bonds is 3. The zero-order chi connectivity index (χ0) is 13.8. The Morgan fingerprint density at radius 1 is 1.26 bits per heavy atom. The molecule has 0 aliphatic carbocycles. The van der Waals surface area contributed by atoms with E-state index in [2.05, 4.69) is 12.2 Å². The van der Waals surface area contributed by atoms with E-state index >= 15 is 0 Å². The fraction of sp³-hybridized carbons (Fsp3) is 0.133. The van der Waals surface area contributed by atoms with Crippen molar-refractivity contribution in [3.8, 4) is 5.75 Å². The highest BCUT2D eigenvalue weighted by atomic mass is 127. The maximum absolute atomic E-state index is 12.1. The summed E-state index contributed by atoms with van der Waals surface area (Å²) in [7, 11) is 0. The molecule has 2 aromatic rings. The SMILES string of the molecule is CCc1cccc(NC(=O)c2ccc(I)c(O)c2)c1. The first-order valence-electron chi connectivity index (χ1n) is 5.99. The average molecular weight is 367 g/mol. The Hall–Kier alpha value is -1.56. The molecular weight excluding hydrogens is 353 g/mol. The molecular formula is C15H14INO2. The Balaban J connectivity index is 2.18. The van der Waals surface area contributed by atoms with Gasteiger partial charge in [0.1, 0.15) is 5.75 Å². The van der Waals surface area contributed by atoms with Crippen LogP contribution >= 0.6 is 22.6 Å². The van der Waals surface area contributed by atoms with Crippen molar-refractivity contribution in [2.75, 3.05) is 5.32 Å². The smallest absolute Gasteiger partial charge is 0.255 e. The maximum atomic E-state index is 12.1. The number of nitrogens with one attached hydrogen (secondary N) is 1. The van der Waals surface area contributed by atoms with Crippen molar-refractivity contribution in [3.05, 3.63) is 57.2 Å². The van der Waals surface area contributed by atoms with E-state index in [1.54, 1.807) is 12.1 Å². The van der Waals surface area contributed by atoms with Crippen LogP contribution in [-0.2, 0) is 6.42 Å². The van der Waals surface area contributed by atoms with Crippen LogP contribution < -0.4 is 5.32 Å². The van der Waals surface area contributed by atoms with Gasteiger partial charge in [0.05, 0.1) is 3.57 Å². The molecule has 0 aliphatic heterocycles. The molecule has 0 saturated heterocycles. The molecule has 4 heteroatoms. The highest BCUT2D eigenvalue weighted by Crippen LogP contribution is 2.21. The van der Waals surface area contributed by atoms with Gasteiger partial charge in [0, 0.05) is 11.3 Å². The lowest BCUT2D eigenvalue weighted by Gasteiger charge is -2.07. The number of hydrogen-bond acceptors (Lipinski definition) is 2. The molecule has 0 unspecified atom stereocenters. The lowest BCUT2D eigenvalue weighted by molar-refractivity contribution is 0.102. The maximum Gasteiger partial charge on any atom is 0.255 e. The number of aromatic hydroxyl groups is 1. The summed E-state index contributed by atoms with van der Waals surface area (Å²) < 4.78 is 0.724. The molecule has 0 radical (unpaired) electrons. The number of aryl methyl sites for hydroxylation is 1. The third-order valence-electron chi connectivity index (χ3n) is 2.80. The normalized spacial score (nSPS) is 10.2. The minimum Gasteiger partial charge on any atom is -0.507 e. The van der Waals surface area contributed by atoms with Crippen LogP contribution in [0, 0.1) is 3.57 Å². The summed E-state index contributed by atoms with van der Waals surface area (Å²) in [6.45, 7) is 2.07. The summed E-state index contributed by atoms with van der Waals surface area (Å²) in [5, 5.41) is 12.4. The lowest BCUT2D eigenvalue weighted by atomic mass is 10.1. The van der Waals surface area contributed by atoms with Gasteiger partial charge < -0.3 is 10.4 Å². The van der Waals surface area contributed by atoms with Crippen LogP contribution in [0.4, 0.5) is 5.69 Å². The van der Waals surface area contributed by atoms with Crippen molar-refractivity contribution in [1.82, 2.24) is 0 Å². The van der Waals surface area contributed by atoms with Crippen molar-refractivity contribution < 1.29 is 9.90 Å². The number of carbonyl (C=O) groups is 1. The number of amides is 1. The van der Waals surface area contributed by atoms with Gasteiger partial charge in [-0.1, -0.05) is 19.1 Å². The summed E-state index contributed by atoms with van der Waals surface area (Å²) in [5.41, 5.74) is 2.38. The Morgan fingerprint density at radius 2 is 2.05 bits per heavy atom. The summed E-state index contributed by atoms with van der Waals surface area (Å²) in [5.74, 6) is -0.101. The molecule has 2 N–H and O–H groups in total. The van der Waals surface area contributed by atoms with Gasteiger partial charge in [-0.2, -0.15) is 0 Å². The quantitative estimate of drug-likeness (QED) is 0.811. The fourth-order valence-electron chi connectivity index (χ4n) is 1.73. The van der Waals surface area contributed by atoms with Crippen LogP contribution in [-0.4, -0.2) is 11.0 Å². The van der Waals surface area contributed by atoms with E-state index in [0.717, 1.165) is 15.7 Å². The standard InChI is InChI=1S/C15H14INO2/c1-2-10-4-3-5-12(8-10)17-15(19)11-6-7-13(16)14(18)9-11/h3-9,18H,2H2,1H3,(H,17,19). The van der Waals surface area contributed by atoms with Crippen LogP contribution in [0.5, 0.6) is 5.75 Å². The largest absolute Gasteiger partial charge is 0.507 e. The van der Waals surface area contributed by atoms with Gasteiger partial charge in [0.2, 0.25) is 0 Å². The molecule has 2 rings (SSSR count). The second-order valence-corrected chi connectivity index (χ2v) is 5.34. The Bertz CT molecular complexity index is 611. The van der Waals surface area contributed by atoms with E-state index in [-0.39, 0.29) is 11.7 Å². The second kappa shape index (κ2) is 6.06. The molecule has 1 amide bonds. The molecule has 3 nitrogen and oxygen atoms in total. The van der Waals surface area contributed by atoms with Crippen LogP contribution in [0.15, 0.2) is 42.5 Å². The molecule has 0 spiro atoms. The first-order chi connectivity index (χ1) is 9.10. The van der Waals surface area contributed by atoms with E-state index in [1.165, 1.54) is 11.6 Å². The number of anilines is 1. The number of benzene rings is 2. The van der Waals surface area contributed by atoms with Crippen molar-refractivity contribution in [2.24, 2.45) is 0 Å². The molecule has 2 aromatic carbocycles. The monoisotopic (exact) mass is 367 g/mol.